The fourth-order valence-corrected chi connectivity index (χ4v) is 3.80. The van der Waals surface area contributed by atoms with Crippen LogP contribution in [0.5, 0.6) is 0 Å². The highest BCUT2D eigenvalue weighted by Gasteiger charge is 2.35. The Morgan fingerprint density at radius 2 is 2.23 bits per heavy atom. The Kier molecular flexibility index (Phi) is 6.13. The number of nitrogen functional groups attached to an aromatic ring is 1. The number of nitrogens with zero attached hydrogens (tertiary/aromatic N) is 4. The molecule has 2 atom stereocenters. The summed E-state index contributed by atoms with van der Waals surface area (Å²) in [5.41, 5.74) is 6.80. The van der Waals surface area contributed by atoms with Crippen molar-refractivity contribution >= 4 is 29.6 Å². The van der Waals surface area contributed by atoms with Gasteiger partial charge in [0.15, 0.2) is 24.1 Å². The van der Waals surface area contributed by atoms with Crippen LogP contribution in [0.3, 0.4) is 0 Å². The Balaban J connectivity index is 1.78. The third-order valence-electron chi connectivity index (χ3n) is 5.27. The molecule has 8 heteroatoms. The second-order valence-corrected chi connectivity index (χ2v) is 7.19. The quantitative estimate of drug-likeness (QED) is 0.476. The predicted octanol–water partition coefficient (Wildman–Crippen LogP) is 1.76. The van der Waals surface area contributed by atoms with E-state index in [0.29, 0.717) is 23.4 Å². The Bertz CT molecular complexity index is 624. The lowest BCUT2D eigenvalue weighted by atomic mass is 9.97. The molecule has 1 fully saturated rings. The number of carbonyl (C=O) groups excluding carboxylic acids is 1. The zero-order valence-electron chi connectivity index (χ0n) is 15.9. The first-order chi connectivity index (χ1) is 12.7. The van der Waals surface area contributed by atoms with Gasteiger partial charge in [-0.25, -0.2) is 0 Å². The summed E-state index contributed by atoms with van der Waals surface area (Å²) in [6.45, 7) is 9.26. The second kappa shape index (κ2) is 8.53. The molecule has 0 aliphatic carbocycles. The monoisotopic (exact) mass is 361 g/mol. The SMILES string of the molecule is CCCCNc1nc(N)c2c(n1)N(CC1CCCN(CC)C1)C(C=O)N2. The van der Waals surface area contributed by atoms with Gasteiger partial charge in [0.25, 0.3) is 0 Å². The number of carbonyl (C=O) groups is 1. The Hall–Kier alpha value is -2.09. The molecule has 3 rings (SSSR count). The van der Waals surface area contributed by atoms with E-state index in [2.05, 4.69) is 44.2 Å². The van der Waals surface area contributed by atoms with Crippen molar-refractivity contribution in [3.8, 4) is 0 Å². The molecule has 0 saturated carbocycles. The van der Waals surface area contributed by atoms with E-state index in [4.69, 9.17) is 5.73 Å². The molecule has 0 aromatic carbocycles. The molecule has 2 aliphatic rings. The van der Waals surface area contributed by atoms with Crippen LogP contribution in [0.2, 0.25) is 0 Å². The summed E-state index contributed by atoms with van der Waals surface area (Å²) in [7, 11) is 0. The first kappa shape index (κ1) is 18.7. The van der Waals surface area contributed by atoms with Gasteiger partial charge in [-0.1, -0.05) is 20.3 Å². The average molecular weight is 361 g/mol. The number of aromatic nitrogens is 2. The number of likely N-dealkylation sites (tertiary alicyclic amines) is 1. The molecule has 1 saturated heterocycles. The molecular weight excluding hydrogens is 330 g/mol. The van der Waals surface area contributed by atoms with E-state index in [1.54, 1.807) is 0 Å². The number of rotatable bonds is 8. The van der Waals surface area contributed by atoms with E-state index >= 15 is 0 Å². The summed E-state index contributed by atoms with van der Waals surface area (Å²) in [6, 6.07) is 0. The summed E-state index contributed by atoms with van der Waals surface area (Å²) in [5, 5.41) is 6.41. The van der Waals surface area contributed by atoms with Crippen molar-refractivity contribution < 1.29 is 4.79 Å². The molecule has 144 valence electrons. The topological polar surface area (TPSA) is 99.4 Å². The molecule has 4 N–H and O–H groups in total. The molecule has 0 spiro atoms. The van der Waals surface area contributed by atoms with Crippen LogP contribution in [-0.2, 0) is 4.79 Å². The second-order valence-electron chi connectivity index (χ2n) is 7.19. The molecular formula is C18H31N7O. The third-order valence-corrected chi connectivity index (χ3v) is 5.27. The summed E-state index contributed by atoms with van der Waals surface area (Å²) in [4.78, 5) is 25.2. The van der Waals surface area contributed by atoms with Gasteiger partial charge in [-0.15, -0.1) is 0 Å². The summed E-state index contributed by atoms with van der Waals surface area (Å²) < 4.78 is 0. The molecule has 0 radical (unpaired) electrons. The average Bonchev–Trinajstić information content (AvgIpc) is 3.00. The maximum Gasteiger partial charge on any atom is 0.226 e. The fourth-order valence-electron chi connectivity index (χ4n) is 3.80. The smallest absolute Gasteiger partial charge is 0.226 e. The minimum Gasteiger partial charge on any atom is -0.382 e. The molecule has 1 aromatic heterocycles. The number of nitrogens with two attached hydrogens (primary N) is 1. The number of nitrogens with one attached hydrogen (secondary N) is 2. The van der Waals surface area contributed by atoms with E-state index in [1.165, 1.54) is 19.4 Å². The molecule has 8 nitrogen and oxygen atoms in total. The first-order valence-corrected chi connectivity index (χ1v) is 9.78. The van der Waals surface area contributed by atoms with Crippen molar-refractivity contribution in [3.63, 3.8) is 0 Å². The van der Waals surface area contributed by atoms with Crippen LogP contribution >= 0.6 is 0 Å². The largest absolute Gasteiger partial charge is 0.382 e. The highest BCUT2D eigenvalue weighted by molar-refractivity contribution is 5.88. The lowest BCUT2D eigenvalue weighted by Crippen LogP contribution is -2.45. The molecule has 3 heterocycles. The standard InChI is InChI=1S/C18H31N7O/c1-3-5-8-20-18-22-16(19)15-17(23-18)25(14(12-26)21-15)11-13-7-6-9-24(4-2)10-13/h12-14,21H,3-11H2,1-2H3,(H3,19,20,22,23). The van der Waals surface area contributed by atoms with Crippen molar-refractivity contribution in [2.75, 3.05) is 54.0 Å². The maximum atomic E-state index is 11.6. The van der Waals surface area contributed by atoms with Crippen LogP contribution in [-0.4, -0.2) is 60.0 Å². The molecule has 26 heavy (non-hydrogen) atoms. The lowest BCUT2D eigenvalue weighted by Gasteiger charge is -2.35. The van der Waals surface area contributed by atoms with Gasteiger partial charge in [0.2, 0.25) is 5.95 Å². The normalized spacial score (nSPS) is 22.8. The van der Waals surface area contributed by atoms with Crippen LogP contribution in [0.1, 0.15) is 39.5 Å². The fraction of sp³-hybridized carbons (Fsp3) is 0.722. The number of anilines is 4. The van der Waals surface area contributed by atoms with Crippen molar-refractivity contribution in [2.45, 2.75) is 45.7 Å². The summed E-state index contributed by atoms with van der Waals surface area (Å²) in [5.74, 6) is 2.18. The number of unbranched alkanes of at least 4 members (excludes halogenated alkanes) is 1. The molecule has 0 amide bonds. The number of hydrogen-bond donors (Lipinski definition) is 3. The number of fused-ring (bicyclic) bond motifs is 1. The molecule has 2 aliphatic heterocycles. The van der Waals surface area contributed by atoms with E-state index in [-0.39, 0.29) is 0 Å². The minimum absolute atomic E-state index is 0.391. The highest BCUT2D eigenvalue weighted by Crippen LogP contribution is 2.37. The van der Waals surface area contributed by atoms with E-state index in [0.717, 1.165) is 51.1 Å². The Morgan fingerprint density at radius 3 is 2.96 bits per heavy atom. The van der Waals surface area contributed by atoms with Gasteiger partial charge in [0.1, 0.15) is 5.69 Å². The van der Waals surface area contributed by atoms with Gasteiger partial charge in [0.05, 0.1) is 0 Å². The Labute approximate surface area is 155 Å². The lowest BCUT2D eigenvalue weighted by molar-refractivity contribution is -0.108. The highest BCUT2D eigenvalue weighted by atomic mass is 16.1. The number of piperidine rings is 1. The molecule has 0 bridgehead atoms. The van der Waals surface area contributed by atoms with Crippen molar-refractivity contribution in [3.05, 3.63) is 0 Å². The van der Waals surface area contributed by atoms with Gasteiger partial charge in [-0.2, -0.15) is 9.97 Å². The van der Waals surface area contributed by atoms with Gasteiger partial charge in [-0.05, 0) is 38.3 Å². The molecule has 2 unspecified atom stereocenters. The van der Waals surface area contributed by atoms with Crippen molar-refractivity contribution in [1.29, 1.82) is 0 Å². The maximum absolute atomic E-state index is 11.6. The van der Waals surface area contributed by atoms with Crippen LogP contribution < -0.4 is 21.3 Å². The van der Waals surface area contributed by atoms with Gasteiger partial charge in [-0.3, -0.25) is 4.79 Å². The van der Waals surface area contributed by atoms with Crippen molar-refractivity contribution in [1.82, 2.24) is 14.9 Å². The summed E-state index contributed by atoms with van der Waals surface area (Å²) >= 11 is 0. The van der Waals surface area contributed by atoms with E-state index < -0.39 is 6.17 Å². The minimum atomic E-state index is -0.426. The zero-order valence-corrected chi connectivity index (χ0v) is 15.9. The van der Waals surface area contributed by atoms with Crippen LogP contribution in [0.4, 0.5) is 23.3 Å². The van der Waals surface area contributed by atoms with Crippen LogP contribution in [0.25, 0.3) is 0 Å². The number of hydrogen-bond acceptors (Lipinski definition) is 8. The summed E-state index contributed by atoms with van der Waals surface area (Å²) in [6.07, 6.45) is 5.03. The van der Waals surface area contributed by atoms with E-state index in [9.17, 15) is 4.79 Å². The van der Waals surface area contributed by atoms with Crippen molar-refractivity contribution in [2.24, 2.45) is 5.92 Å². The number of aldehydes is 1. The van der Waals surface area contributed by atoms with Gasteiger partial charge >= 0.3 is 0 Å². The zero-order chi connectivity index (χ0) is 18.5. The third kappa shape index (κ3) is 4.00. The van der Waals surface area contributed by atoms with E-state index in [1.807, 2.05) is 0 Å². The Morgan fingerprint density at radius 1 is 1.38 bits per heavy atom. The van der Waals surface area contributed by atoms with Gasteiger partial charge < -0.3 is 26.2 Å². The van der Waals surface area contributed by atoms with Crippen LogP contribution in [0, 0.1) is 5.92 Å². The molecule has 1 aromatic rings. The first-order valence-electron chi connectivity index (χ1n) is 9.78. The van der Waals surface area contributed by atoms with Gasteiger partial charge in [0, 0.05) is 19.6 Å². The van der Waals surface area contributed by atoms with Crippen LogP contribution in [0.15, 0.2) is 0 Å². The predicted molar refractivity (Wildman–Crippen MR) is 106 cm³/mol.